The topological polar surface area (TPSA) is 41.6 Å². The molecule has 0 spiro atoms. The molecule has 1 saturated carbocycles. The van der Waals surface area contributed by atoms with E-state index in [0.717, 1.165) is 18.0 Å². The van der Waals surface area contributed by atoms with E-state index < -0.39 is 6.09 Å². The van der Waals surface area contributed by atoms with Gasteiger partial charge < -0.3 is 9.64 Å². The Morgan fingerprint density at radius 3 is 2.48 bits per heavy atom. The van der Waals surface area contributed by atoms with E-state index in [9.17, 15) is 4.79 Å². The highest BCUT2D eigenvalue weighted by molar-refractivity contribution is 5.86. The van der Waals surface area contributed by atoms with Crippen LogP contribution in [0.4, 0.5) is 10.5 Å². The fourth-order valence-electron chi connectivity index (χ4n) is 3.28. The summed E-state index contributed by atoms with van der Waals surface area (Å²) in [6, 6.07) is 17.1. The van der Waals surface area contributed by atoms with Gasteiger partial charge in [0.1, 0.15) is 5.75 Å². The van der Waals surface area contributed by atoms with E-state index in [1.54, 1.807) is 0 Å². The summed E-state index contributed by atoms with van der Waals surface area (Å²) in [7, 11) is 0. The van der Waals surface area contributed by atoms with Crippen LogP contribution in [0.2, 0.25) is 0 Å². The first-order valence-corrected chi connectivity index (χ1v) is 10.1. The number of nitrogens with zero attached hydrogens (tertiary/aromatic N) is 1. The fourth-order valence-corrected chi connectivity index (χ4v) is 3.28. The molecule has 27 heavy (non-hydrogen) atoms. The number of rotatable bonds is 10. The van der Waals surface area contributed by atoms with Crippen molar-refractivity contribution < 1.29 is 9.53 Å². The van der Waals surface area contributed by atoms with Gasteiger partial charge in [-0.15, -0.1) is 0 Å². The molecule has 0 aromatic heterocycles. The number of carbonyl (C=O) groups is 1. The molecule has 0 aliphatic heterocycles. The van der Waals surface area contributed by atoms with Crippen LogP contribution in [0.5, 0.6) is 5.75 Å². The lowest BCUT2D eigenvalue weighted by Crippen LogP contribution is -2.28. The summed E-state index contributed by atoms with van der Waals surface area (Å²) in [5, 5.41) is 2.72. The Morgan fingerprint density at radius 1 is 1.07 bits per heavy atom. The van der Waals surface area contributed by atoms with Crippen molar-refractivity contribution in [3.8, 4) is 5.75 Å². The third-order valence-corrected chi connectivity index (χ3v) is 4.85. The summed E-state index contributed by atoms with van der Waals surface area (Å²) in [6.07, 6.45) is 5.82. The zero-order valence-corrected chi connectivity index (χ0v) is 16.2. The molecule has 0 radical (unpaired) electrons. The Balaban J connectivity index is 1.40. The second kappa shape index (κ2) is 10.1. The molecular formula is C23H30N2O2. The molecule has 2 aromatic rings. The van der Waals surface area contributed by atoms with Gasteiger partial charge in [-0.25, -0.2) is 4.79 Å². The summed E-state index contributed by atoms with van der Waals surface area (Å²) in [6.45, 7) is 5.91. The number of hydrogen-bond donors (Lipinski definition) is 1. The van der Waals surface area contributed by atoms with Gasteiger partial charge >= 0.3 is 6.09 Å². The maximum absolute atomic E-state index is 11.9. The minimum atomic E-state index is -0.468. The van der Waals surface area contributed by atoms with Gasteiger partial charge in [-0.1, -0.05) is 37.3 Å². The molecule has 4 heteroatoms. The normalized spacial score (nSPS) is 13.6. The molecule has 1 amide bonds. The van der Waals surface area contributed by atoms with Crippen molar-refractivity contribution in [3.63, 3.8) is 0 Å². The van der Waals surface area contributed by atoms with Gasteiger partial charge in [-0.2, -0.15) is 0 Å². The van der Waals surface area contributed by atoms with E-state index in [1.807, 2.05) is 42.5 Å². The largest absolute Gasteiger partial charge is 0.417 e. The van der Waals surface area contributed by atoms with Gasteiger partial charge in [0.25, 0.3) is 0 Å². The molecule has 144 valence electrons. The van der Waals surface area contributed by atoms with Crippen LogP contribution in [0.1, 0.15) is 38.2 Å². The first-order valence-electron chi connectivity index (χ1n) is 10.1. The molecule has 0 unspecified atom stereocenters. The summed E-state index contributed by atoms with van der Waals surface area (Å²) in [4.78, 5) is 14.5. The highest BCUT2D eigenvalue weighted by Gasteiger charge is 2.23. The molecule has 0 atom stereocenters. The highest BCUT2D eigenvalue weighted by atomic mass is 16.6. The molecule has 0 heterocycles. The SMILES string of the molecule is CCCN(CCCc1ccc(OC(=O)Nc2ccccc2)cc1)CC1CC1. The summed E-state index contributed by atoms with van der Waals surface area (Å²) >= 11 is 0. The van der Waals surface area contributed by atoms with Crippen molar-refractivity contribution in [2.45, 2.75) is 39.0 Å². The fraction of sp³-hybridized carbons (Fsp3) is 0.435. The number of ether oxygens (including phenoxy) is 1. The lowest BCUT2D eigenvalue weighted by Gasteiger charge is -2.21. The summed E-state index contributed by atoms with van der Waals surface area (Å²) in [5.74, 6) is 1.52. The predicted octanol–water partition coefficient (Wildman–Crippen LogP) is 5.35. The number of benzene rings is 2. The first-order chi connectivity index (χ1) is 13.2. The monoisotopic (exact) mass is 366 g/mol. The number of hydrogen-bond acceptors (Lipinski definition) is 3. The van der Waals surface area contributed by atoms with Crippen LogP contribution < -0.4 is 10.1 Å². The third-order valence-electron chi connectivity index (χ3n) is 4.85. The molecule has 3 rings (SSSR count). The van der Waals surface area contributed by atoms with E-state index in [4.69, 9.17) is 4.74 Å². The number of para-hydroxylation sites is 1. The lowest BCUT2D eigenvalue weighted by atomic mass is 10.1. The number of aryl methyl sites for hydroxylation is 1. The van der Waals surface area contributed by atoms with E-state index >= 15 is 0 Å². The Morgan fingerprint density at radius 2 is 1.81 bits per heavy atom. The van der Waals surface area contributed by atoms with Crippen molar-refractivity contribution >= 4 is 11.8 Å². The van der Waals surface area contributed by atoms with Crippen LogP contribution in [0.3, 0.4) is 0 Å². The van der Waals surface area contributed by atoms with Crippen molar-refractivity contribution in [2.75, 3.05) is 25.0 Å². The number of anilines is 1. The van der Waals surface area contributed by atoms with Gasteiger partial charge in [0.2, 0.25) is 0 Å². The summed E-state index contributed by atoms with van der Waals surface area (Å²) in [5.41, 5.74) is 2.01. The molecule has 0 bridgehead atoms. The highest BCUT2D eigenvalue weighted by Crippen LogP contribution is 2.29. The van der Waals surface area contributed by atoms with Crippen molar-refractivity contribution in [1.82, 2.24) is 4.90 Å². The van der Waals surface area contributed by atoms with Crippen LogP contribution in [0, 0.1) is 5.92 Å². The Hall–Kier alpha value is -2.33. The molecule has 1 aliphatic carbocycles. The number of amides is 1. The van der Waals surface area contributed by atoms with Crippen LogP contribution >= 0.6 is 0 Å². The van der Waals surface area contributed by atoms with E-state index in [-0.39, 0.29) is 0 Å². The Labute approximate surface area is 162 Å². The zero-order valence-electron chi connectivity index (χ0n) is 16.2. The molecule has 2 aromatic carbocycles. The standard InChI is InChI=1S/C23H30N2O2/c1-2-16-25(18-20-10-11-20)17-6-7-19-12-14-22(15-13-19)27-23(26)24-21-8-4-3-5-9-21/h3-5,8-9,12-15,20H,2,6-7,10-11,16-18H2,1H3,(H,24,26). The zero-order chi connectivity index (χ0) is 18.9. The predicted molar refractivity (Wildman–Crippen MR) is 110 cm³/mol. The first kappa shape index (κ1) is 19.4. The molecule has 1 fully saturated rings. The smallest absolute Gasteiger partial charge is 0.410 e. The van der Waals surface area contributed by atoms with Crippen LogP contribution in [0.25, 0.3) is 0 Å². The lowest BCUT2D eigenvalue weighted by molar-refractivity contribution is 0.215. The number of carbonyl (C=O) groups excluding carboxylic acids is 1. The van der Waals surface area contributed by atoms with Gasteiger partial charge in [-0.05, 0) is 80.9 Å². The minimum absolute atomic E-state index is 0.468. The van der Waals surface area contributed by atoms with E-state index in [2.05, 4.69) is 29.3 Å². The molecule has 1 N–H and O–H groups in total. The average Bonchev–Trinajstić information content (AvgIpc) is 3.48. The molecule has 0 saturated heterocycles. The van der Waals surface area contributed by atoms with Crippen LogP contribution in [-0.2, 0) is 6.42 Å². The van der Waals surface area contributed by atoms with Crippen molar-refractivity contribution in [1.29, 1.82) is 0 Å². The molecule has 1 aliphatic rings. The maximum Gasteiger partial charge on any atom is 0.417 e. The van der Waals surface area contributed by atoms with Crippen molar-refractivity contribution in [3.05, 3.63) is 60.2 Å². The third kappa shape index (κ3) is 7.06. The van der Waals surface area contributed by atoms with E-state index in [1.165, 1.54) is 50.9 Å². The Kier molecular flexibility index (Phi) is 7.28. The number of nitrogens with one attached hydrogen (secondary N) is 1. The van der Waals surface area contributed by atoms with Crippen LogP contribution in [-0.4, -0.2) is 30.6 Å². The van der Waals surface area contributed by atoms with Crippen molar-refractivity contribution in [2.24, 2.45) is 5.92 Å². The second-order valence-corrected chi connectivity index (χ2v) is 7.37. The van der Waals surface area contributed by atoms with Gasteiger partial charge in [-0.3, -0.25) is 5.32 Å². The van der Waals surface area contributed by atoms with Gasteiger partial charge in [0.05, 0.1) is 0 Å². The molecule has 4 nitrogen and oxygen atoms in total. The van der Waals surface area contributed by atoms with Crippen LogP contribution in [0.15, 0.2) is 54.6 Å². The van der Waals surface area contributed by atoms with E-state index in [0.29, 0.717) is 5.75 Å². The summed E-state index contributed by atoms with van der Waals surface area (Å²) < 4.78 is 5.34. The minimum Gasteiger partial charge on any atom is -0.410 e. The van der Waals surface area contributed by atoms with Gasteiger partial charge in [0.15, 0.2) is 0 Å². The van der Waals surface area contributed by atoms with Gasteiger partial charge in [0, 0.05) is 12.2 Å². The molecular weight excluding hydrogens is 336 g/mol. The quantitative estimate of drug-likeness (QED) is 0.616. The second-order valence-electron chi connectivity index (χ2n) is 7.37. The average molecular weight is 367 g/mol. The Bertz CT molecular complexity index is 696. The maximum atomic E-state index is 11.9.